The highest BCUT2D eigenvalue weighted by Crippen LogP contribution is 2.27. The van der Waals surface area contributed by atoms with Crippen molar-refractivity contribution in [3.05, 3.63) is 83.7 Å². The van der Waals surface area contributed by atoms with Crippen LogP contribution in [-0.4, -0.2) is 32.2 Å². The molecule has 3 aromatic rings. The number of nitrogens with one attached hydrogen (secondary N) is 1. The zero-order valence-electron chi connectivity index (χ0n) is 16.3. The average molecular weight is 390 g/mol. The number of nitrogens with zero attached hydrogens (tertiary/aromatic N) is 1. The molecule has 1 aliphatic rings. The molecule has 1 aliphatic heterocycles. The van der Waals surface area contributed by atoms with Gasteiger partial charge in [0.15, 0.2) is 0 Å². The molecule has 0 saturated carbocycles. The van der Waals surface area contributed by atoms with Crippen molar-refractivity contribution in [1.82, 2.24) is 0 Å². The molecule has 148 valence electrons. The Bertz CT molecular complexity index is 1010. The number of morpholine rings is 1. The van der Waals surface area contributed by atoms with E-state index in [9.17, 15) is 9.18 Å². The van der Waals surface area contributed by atoms with Crippen molar-refractivity contribution >= 4 is 17.3 Å². The van der Waals surface area contributed by atoms with E-state index in [1.54, 1.807) is 18.2 Å². The lowest BCUT2D eigenvalue weighted by Gasteiger charge is -2.29. The lowest BCUT2D eigenvalue weighted by molar-refractivity contribution is 0.102. The molecule has 1 fully saturated rings. The minimum absolute atomic E-state index is 0.251. The monoisotopic (exact) mass is 390 g/mol. The summed E-state index contributed by atoms with van der Waals surface area (Å²) in [6.07, 6.45) is 0. The summed E-state index contributed by atoms with van der Waals surface area (Å²) in [7, 11) is 0. The molecule has 5 heteroatoms. The summed E-state index contributed by atoms with van der Waals surface area (Å²) in [5.74, 6) is -0.599. The Morgan fingerprint density at radius 2 is 1.76 bits per heavy atom. The molecule has 0 atom stereocenters. The van der Waals surface area contributed by atoms with E-state index >= 15 is 0 Å². The molecular formula is C24H23FN2O2. The molecule has 1 amide bonds. The van der Waals surface area contributed by atoms with Crippen LogP contribution in [0.25, 0.3) is 11.1 Å². The first-order valence-corrected chi connectivity index (χ1v) is 9.72. The maximum atomic E-state index is 14.6. The van der Waals surface area contributed by atoms with E-state index in [0.717, 1.165) is 16.7 Å². The molecule has 4 nitrogen and oxygen atoms in total. The van der Waals surface area contributed by atoms with Crippen LogP contribution in [-0.2, 0) is 4.74 Å². The zero-order chi connectivity index (χ0) is 20.2. The fraction of sp³-hybridized carbons (Fsp3) is 0.208. The number of anilines is 2. The third kappa shape index (κ3) is 4.15. The first kappa shape index (κ1) is 19.2. The predicted molar refractivity (Wildman–Crippen MR) is 114 cm³/mol. The van der Waals surface area contributed by atoms with Gasteiger partial charge in [-0.15, -0.1) is 0 Å². The SMILES string of the molecule is Cc1c(C(=O)Nc2ccc(N3CCOCC3)c(F)c2)cccc1-c1ccccc1. The summed E-state index contributed by atoms with van der Waals surface area (Å²) in [6, 6.07) is 20.4. The van der Waals surface area contributed by atoms with Gasteiger partial charge in [0, 0.05) is 24.3 Å². The van der Waals surface area contributed by atoms with Crippen molar-refractivity contribution in [3.8, 4) is 11.1 Å². The number of halogens is 1. The van der Waals surface area contributed by atoms with Crippen LogP contribution in [0.2, 0.25) is 0 Å². The van der Waals surface area contributed by atoms with Crippen LogP contribution in [0, 0.1) is 12.7 Å². The summed E-state index contributed by atoms with van der Waals surface area (Å²) in [6.45, 7) is 4.44. The summed E-state index contributed by atoms with van der Waals surface area (Å²) in [5.41, 5.74) is 4.50. The Balaban J connectivity index is 1.55. The van der Waals surface area contributed by atoms with E-state index in [2.05, 4.69) is 5.32 Å². The molecule has 0 radical (unpaired) electrons. The van der Waals surface area contributed by atoms with E-state index in [4.69, 9.17) is 4.74 Å². The minimum atomic E-state index is -0.348. The molecule has 29 heavy (non-hydrogen) atoms. The fourth-order valence-electron chi connectivity index (χ4n) is 3.66. The second kappa shape index (κ2) is 8.45. The van der Waals surface area contributed by atoms with Crippen molar-refractivity contribution in [3.63, 3.8) is 0 Å². The van der Waals surface area contributed by atoms with Gasteiger partial charge in [-0.3, -0.25) is 4.79 Å². The van der Waals surface area contributed by atoms with Gasteiger partial charge >= 0.3 is 0 Å². The van der Waals surface area contributed by atoms with Gasteiger partial charge in [0.25, 0.3) is 5.91 Å². The largest absolute Gasteiger partial charge is 0.378 e. The standard InChI is InChI=1S/C24H23FN2O2/c1-17-20(18-6-3-2-4-7-18)8-5-9-21(17)24(28)26-19-10-11-23(22(25)16-19)27-12-14-29-15-13-27/h2-11,16H,12-15H2,1H3,(H,26,28). The second-order valence-electron chi connectivity index (χ2n) is 7.06. The highest BCUT2D eigenvalue weighted by Gasteiger charge is 2.17. The predicted octanol–water partition coefficient (Wildman–Crippen LogP) is 4.89. The van der Waals surface area contributed by atoms with E-state index in [1.165, 1.54) is 6.07 Å². The second-order valence-corrected chi connectivity index (χ2v) is 7.06. The summed E-state index contributed by atoms with van der Waals surface area (Å²) in [5, 5.41) is 2.83. The summed E-state index contributed by atoms with van der Waals surface area (Å²) < 4.78 is 19.9. The molecule has 1 N–H and O–H groups in total. The van der Waals surface area contributed by atoms with Crippen LogP contribution in [0.1, 0.15) is 15.9 Å². The summed E-state index contributed by atoms with van der Waals surface area (Å²) >= 11 is 0. The lowest BCUT2D eigenvalue weighted by atomic mass is 9.96. The smallest absolute Gasteiger partial charge is 0.255 e. The van der Waals surface area contributed by atoms with Crippen molar-refractivity contribution < 1.29 is 13.9 Å². The molecule has 0 aromatic heterocycles. The zero-order valence-corrected chi connectivity index (χ0v) is 16.3. The first-order valence-electron chi connectivity index (χ1n) is 9.72. The number of ether oxygens (including phenoxy) is 1. The van der Waals surface area contributed by atoms with Crippen molar-refractivity contribution in [2.24, 2.45) is 0 Å². The fourth-order valence-corrected chi connectivity index (χ4v) is 3.66. The molecule has 1 heterocycles. The topological polar surface area (TPSA) is 41.6 Å². The molecule has 0 bridgehead atoms. The van der Waals surface area contributed by atoms with Crippen LogP contribution in [0.4, 0.5) is 15.8 Å². The molecule has 1 saturated heterocycles. The third-order valence-electron chi connectivity index (χ3n) is 5.22. The molecule has 0 aliphatic carbocycles. The number of hydrogen-bond acceptors (Lipinski definition) is 3. The minimum Gasteiger partial charge on any atom is -0.378 e. The Hall–Kier alpha value is -3.18. The highest BCUT2D eigenvalue weighted by atomic mass is 19.1. The molecule has 0 spiro atoms. The van der Waals surface area contributed by atoms with Gasteiger partial charge in [0.2, 0.25) is 0 Å². The number of carbonyl (C=O) groups is 1. The number of rotatable bonds is 4. The summed E-state index contributed by atoms with van der Waals surface area (Å²) in [4.78, 5) is 14.8. The van der Waals surface area contributed by atoms with Crippen molar-refractivity contribution in [2.45, 2.75) is 6.92 Å². The van der Waals surface area contributed by atoms with Gasteiger partial charge in [-0.2, -0.15) is 0 Å². The molecule has 3 aromatic carbocycles. The number of carbonyl (C=O) groups excluding carboxylic acids is 1. The van der Waals surface area contributed by atoms with Crippen molar-refractivity contribution in [1.29, 1.82) is 0 Å². The van der Waals surface area contributed by atoms with Crippen LogP contribution < -0.4 is 10.2 Å². The van der Waals surface area contributed by atoms with E-state index in [1.807, 2.05) is 54.3 Å². The molecule has 0 unspecified atom stereocenters. The van der Waals surface area contributed by atoms with E-state index < -0.39 is 0 Å². The van der Waals surface area contributed by atoms with Gasteiger partial charge < -0.3 is 15.0 Å². The molecule has 4 rings (SSSR count). The van der Waals surface area contributed by atoms with Crippen LogP contribution in [0.5, 0.6) is 0 Å². The van der Waals surface area contributed by atoms with Gasteiger partial charge in [-0.05, 0) is 47.9 Å². The maximum absolute atomic E-state index is 14.6. The van der Waals surface area contributed by atoms with Gasteiger partial charge in [-0.1, -0.05) is 42.5 Å². The molecular weight excluding hydrogens is 367 g/mol. The van der Waals surface area contributed by atoms with Crippen LogP contribution in [0.15, 0.2) is 66.7 Å². The average Bonchev–Trinajstić information content (AvgIpc) is 2.75. The van der Waals surface area contributed by atoms with Gasteiger partial charge in [0.1, 0.15) is 5.82 Å². The Morgan fingerprint density at radius 3 is 2.48 bits per heavy atom. The third-order valence-corrected chi connectivity index (χ3v) is 5.22. The Labute approximate surface area is 169 Å². The van der Waals surface area contributed by atoms with Gasteiger partial charge in [0.05, 0.1) is 18.9 Å². The number of amides is 1. The van der Waals surface area contributed by atoms with Crippen molar-refractivity contribution in [2.75, 3.05) is 36.5 Å². The Kier molecular flexibility index (Phi) is 5.58. The van der Waals surface area contributed by atoms with E-state index in [0.29, 0.717) is 43.2 Å². The van der Waals surface area contributed by atoms with Crippen LogP contribution in [0.3, 0.4) is 0 Å². The van der Waals surface area contributed by atoms with Gasteiger partial charge in [-0.25, -0.2) is 4.39 Å². The van der Waals surface area contributed by atoms with Crippen LogP contribution >= 0.6 is 0 Å². The Morgan fingerprint density at radius 1 is 1.00 bits per heavy atom. The normalized spacial score (nSPS) is 13.9. The maximum Gasteiger partial charge on any atom is 0.255 e. The quantitative estimate of drug-likeness (QED) is 0.690. The number of benzene rings is 3. The number of hydrogen-bond donors (Lipinski definition) is 1. The highest BCUT2D eigenvalue weighted by molar-refractivity contribution is 6.06. The van der Waals surface area contributed by atoms with E-state index in [-0.39, 0.29) is 11.7 Å². The first-order chi connectivity index (χ1) is 14.1. The lowest BCUT2D eigenvalue weighted by Crippen LogP contribution is -2.36.